The molecule has 122 valence electrons. The van der Waals surface area contributed by atoms with Crippen molar-refractivity contribution in [3.05, 3.63) is 38.7 Å². The highest BCUT2D eigenvalue weighted by Crippen LogP contribution is 2.18. The second-order valence-electron chi connectivity index (χ2n) is 5.54. The lowest BCUT2D eigenvalue weighted by molar-refractivity contribution is -0.384. The van der Waals surface area contributed by atoms with E-state index in [0.717, 1.165) is 6.07 Å². The molecule has 0 amide bonds. The average Bonchev–Trinajstić information content (AvgIpc) is 2.45. The number of carbonyl (C=O) groups is 1. The zero-order chi connectivity index (χ0) is 17.1. The Kier molecular flexibility index (Phi) is 4.58. The SMILES string of the molecule is CC(C)C[C@H](Nc1nc2ccc([N+](=O)[O-])cc2c(=O)[nH]1)C(=O)O. The lowest BCUT2D eigenvalue weighted by Crippen LogP contribution is -2.32. The number of carboxylic acid groups (broad SMARTS) is 1. The predicted octanol–water partition coefficient (Wildman–Crippen LogP) is 1.74. The lowest BCUT2D eigenvalue weighted by atomic mass is 10.0. The van der Waals surface area contributed by atoms with E-state index >= 15 is 0 Å². The van der Waals surface area contributed by atoms with E-state index in [1.54, 1.807) is 0 Å². The first-order valence-electron chi connectivity index (χ1n) is 6.95. The number of aromatic amines is 1. The van der Waals surface area contributed by atoms with Crippen molar-refractivity contribution in [1.29, 1.82) is 0 Å². The minimum Gasteiger partial charge on any atom is -0.480 e. The Morgan fingerprint density at radius 3 is 2.74 bits per heavy atom. The molecule has 2 aromatic rings. The summed E-state index contributed by atoms with van der Waals surface area (Å²) in [5.41, 5.74) is -0.542. The second-order valence-corrected chi connectivity index (χ2v) is 5.54. The minimum atomic E-state index is -1.05. The number of hydrogen-bond acceptors (Lipinski definition) is 6. The zero-order valence-corrected chi connectivity index (χ0v) is 12.6. The van der Waals surface area contributed by atoms with Gasteiger partial charge in [0.15, 0.2) is 0 Å². The predicted molar refractivity (Wildman–Crippen MR) is 83.5 cm³/mol. The van der Waals surface area contributed by atoms with Gasteiger partial charge in [-0.25, -0.2) is 9.78 Å². The van der Waals surface area contributed by atoms with Crippen LogP contribution in [0, 0.1) is 16.0 Å². The number of hydrogen-bond donors (Lipinski definition) is 3. The number of nitrogens with zero attached hydrogens (tertiary/aromatic N) is 2. The van der Waals surface area contributed by atoms with Crippen molar-refractivity contribution in [2.24, 2.45) is 5.92 Å². The van der Waals surface area contributed by atoms with E-state index in [1.807, 2.05) is 13.8 Å². The third-order valence-corrected chi connectivity index (χ3v) is 3.22. The molecule has 2 rings (SSSR count). The molecule has 0 spiro atoms. The number of non-ortho nitro benzene ring substituents is 1. The standard InChI is InChI=1S/C14H16N4O5/c1-7(2)5-11(13(20)21)16-14-15-10-4-3-8(18(22)23)6-9(10)12(19)17-14/h3-4,6-7,11H,5H2,1-2H3,(H,20,21)(H2,15,16,17,19)/t11-/m0/s1. The molecular formula is C14H16N4O5. The van der Waals surface area contributed by atoms with Crippen LogP contribution < -0.4 is 10.9 Å². The van der Waals surface area contributed by atoms with Crippen LogP contribution in [0.2, 0.25) is 0 Å². The first kappa shape index (κ1) is 16.4. The smallest absolute Gasteiger partial charge is 0.326 e. The Labute approximate surface area is 130 Å². The molecule has 0 saturated carbocycles. The van der Waals surface area contributed by atoms with E-state index in [0.29, 0.717) is 6.42 Å². The third-order valence-electron chi connectivity index (χ3n) is 3.22. The van der Waals surface area contributed by atoms with Crippen molar-refractivity contribution in [3.63, 3.8) is 0 Å². The monoisotopic (exact) mass is 320 g/mol. The van der Waals surface area contributed by atoms with Crippen molar-refractivity contribution >= 4 is 28.5 Å². The summed E-state index contributed by atoms with van der Waals surface area (Å²) in [6.07, 6.45) is 0.358. The van der Waals surface area contributed by atoms with Crippen LogP contribution in [-0.2, 0) is 4.79 Å². The van der Waals surface area contributed by atoms with Crippen molar-refractivity contribution in [3.8, 4) is 0 Å². The Balaban J connectivity index is 2.39. The maximum Gasteiger partial charge on any atom is 0.326 e. The molecule has 1 atom stereocenters. The van der Waals surface area contributed by atoms with Gasteiger partial charge in [-0.05, 0) is 18.4 Å². The molecule has 9 heteroatoms. The van der Waals surface area contributed by atoms with Crippen molar-refractivity contribution < 1.29 is 14.8 Å². The van der Waals surface area contributed by atoms with Gasteiger partial charge in [-0.2, -0.15) is 0 Å². The van der Waals surface area contributed by atoms with Crippen LogP contribution in [-0.4, -0.2) is 32.0 Å². The molecule has 0 radical (unpaired) electrons. The number of nitrogens with one attached hydrogen (secondary N) is 2. The topological polar surface area (TPSA) is 138 Å². The number of aromatic nitrogens is 2. The number of anilines is 1. The molecule has 0 fully saturated rings. The number of rotatable bonds is 6. The first-order valence-corrected chi connectivity index (χ1v) is 6.95. The summed E-state index contributed by atoms with van der Waals surface area (Å²) in [5.74, 6) is -0.895. The van der Waals surface area contributed by atoms with Crippen LogP contribution in [0.5, 0.6) is 0 Å². The first-order chi connectivity index (χ1) is 10.8. The summed E-state index contributed by atoms with van der Waals surface area (Å²) in [4.78, 5) is 40.0. The second kappa shape index (κ2) is 6.42. The van der Waals surface area contributed by atoms with Gasteiger partial charge >= 0.3 is 5.97 Å². The van der Waals surface area contributed by atoms with Crippen molar-refractivity contribution in [1.82, 2.24) is 9.97 Å². The summed E-state index contributed by atoms with van der Waals surface area (Å²) < 4.78 is 0. The summed E-state index contributed by atoms with van der Waals surface area (Å²) in [5, 5.41) is 22.7. The molecular weight excluding hydrogens is 304 g/mol. The molecule has 0 saturated heterocycles. The van der Waals surface area contributed by atoms with Crippen LogP contribution in [0.3, 0.4) is 0 Å². The van der Waals surface area contributed by atoms with Crippen LogP contribution in [0.1, 0.15) is 20.3 Å². The van der Waals surface area contributed by atoms with Gasteiger partial charge in [0.1, 0.15) is 6.04 Å². The molecule has 0 bridgehead atoms. The van der Waals surface area contributed by atoms with Gasteiger partial charge < -0.3 is 10.4 Å². The summed E-state index contributed by atoms with van der Waals surface area (Å²) in [7, 11) is 0. The van der Waals surface area contributed by atoms with Gasteiger partial charge in [0.2, 0.25) is 5.95 Å². The number of carboxylic acids is 1. The molecule has 0 aliphatic heterocycles. The van der Waals surface area contributed by atoms with Gasteiger partial charge in [-0.1, -0.05) is 13.8 Å². The number of aliphatic carboxylic acids is 1. The summed E-state index contributed by atoms with van der Waals surface area (Å²) >= 11 is 0. The van der Waals surface area contributed by atoms with E-state index in [-0.39, 0.29) is 28.5 Å². The van der Waals surface area contributed by atoms with E-state index in [4.69, 9.17) is 0 Å². The highest BCUT2D eigenvalue weighted by atomic mass is 16.6. The van der Waals surface area contributed by atoms with E-state index in [9.17, 15) is 24.8 Å². The number of nitro benzene ring substituents is 1. The van der Waals surface area contributed by atoms with Crippen molar-refractivity contribution in [2.45, 2.75) is 26.3 Å². The molecule has 0 unspecified atom stereocenters. The summed E-state index contributed by atoms with van der Waals surface area (Å²) in [6.45, 7) is 3.76. The highest BCUT2D eigenvalue weighted by Gasteiger charge is 2.20. The molecule has 3 N–H and O–H groups in total. The van der Waals surface area contributed by atoms with Crippen LogP contribution in [0.4, 0.5) is 11.6 Å². The maximum absolute atomic E-state index is 12.0. The van der Waals surface area contributed by atoms with Gasteiger partial charge in [0, 0.05) is 12.1 Å². The quantitative estimate of drug-likeness (QED) is 0.544. The Bertz CT molecular complexity index is 814. The van der Waals surface area contributed by atoms with Gasteiger partial charge in [0.25, 0.3) is 11.2 Å². The Morgan fingerprint density at radius 1 is 1.48 bits per heavy atom. The molecule has 1 aromatic carbocycles. The fourth-order valence-corrected chi connectivity index (χ4v) is 2.17. The Hall–Kier alpha value is -2.97. The lowest BCUT2D eigenvalue weighted by Gasteiger charge is -2.16. The fraction of sp³-hybridized carbons (Fsp3) is 0.357. The highest BCUT2D eigenvalue weighted by molar-refractivity contribution is 5.82. The molecule has 0 aliphatic carbocycles. The van der Waals surface area contributed by atoms with Crippen LogP contribution in [0.25, 0.3) is 10.9 Å². The number of benzene rings is 1. The maximum atomic E-state index is 12.0. The molecule has 23 heavy (non-hydrogen) atoms. The van der Waals surface area contributed by atoms with E-state index in [2.05, 4.69) is 15.3 Å². The Morgan fingerprint density at radius 2 is 2.17 bits per heavy atom. The van der Waals surface area contributed by atoms with E-state index in [1.165, 1.54) is 12.1 Å². The zero-order valence-electron chi connectivity index (χ0n) is 12.6. The summed E-state index contributed by atoms with van der Waals surface area (Å²) in [6, 6.07) is 2.83. The van der Waals surface area contributed by atoms with Crippen LogP contribution in [0.15, 0.2) is 23.0 Å². The number of fused-ring (bicyclic) bond motifs is 1. The van der Waals surface area contributed by atoms with Gasteiger partial charge in [-0.3, -0.25) is 19.9 Å². The number of nitro groups is 1. The number of H-pyrrole nitrogens is 1. The largest absolute Gasteiger partial charge is 0.480 e. The van der Waals surface area contributed by atoms with Crippen LogP contribution >= 0.6 is 0 Å². The van der Waals surface area contributed by atoms with Gasteiger partial charge in [-0.15, -0.1) is 0 Å². The minimum absolute atomic E-state index is 0.0180. The molecule has 1 heterocycles. The average molecular weight is 320 g/mol. The fourth-order valence-electron chi connectivity index (χ4n) is 2.17. The third kappa shape index (κ3) is 3.82. The normalized spacial score (nSPS) is 12.3. The van der Waals surface area contributed by atoms with Gasteiger partial charge in [0.05, 0.1) is 15.8 Å². The molecule has 0 aliphatic rings. The molecule has 9 nitrogen and oxygen atoms in total. The van der Waals surface area contributed by atoms with Crippen molar-refractivity contribution in [2.75, 3.05) is 5.32 Å². The molecule has 1 aromatic heterocycles. The van der Waals surface area contributed by atoms with E-state index < -0.39 is 22.5 Å².